The summed E-state index contributed by atoms with van der Waals surface area (Å²) < 4.78 is 0. The van der Waals surface area contributed by atoms with E-state index in [0.29, 0.717) is 5.41 Å². The van der Waals surface area contributed by atoms with Crippen LogP contribution in [0.25, 0.3) is 0 Å². The molecule has 0 aromatic rings. The van der Waals surface area contributed by atoms with Crippen molar-refractivity contribution < 1.29 is 0 Å². The summed E-state index contributed by atoms with van der Waals surface area (Å²) in [6, 6.07) is 0. The SMILES string of the molecule is CC.CC.CC.CC.CC.CC.CC1(C)C2CCCCC2C2CCCCC21. The van der Waals surface area contributed by atoms with Crippen molar-refractivity contribution in [3.63, 3.8) is 0 Å². The minimum absolute atomic E-state index is 0.677. The molecule has 3 saturated carbocycles. The first-order chi connectivity index (χ1) is 13.2. The molecule has 0 saturated heterocycles. The van der Waals surface area contributed by atoms with E-state index < -0.39 is 0 Å². The van der Waals surface area contributed by atoms with E-state index >= 15 is 0 Å². The van der Waals surface area contributed by atoms with Crippen LogP contribution in [-0.4, -0.2) is 0 Å². The van der Waals surface area contributed by atoms with Crippen LogP contribution in [0.3, 0.4) is 0 Å². The summed E-state index contributed by atoms with van der Waals surface area (Å²) in [6.07, 6.45) is 12.3. The van der Waals surface area contributed by atoms with Gasteiger partial charge < -0.3 is 0 Å². The summed E-state index contributed by atoms with van der Waals surface area (Å²) in [4.78, 5) is 0. The van der Waals surface area contributed by atoms with Gasteiger partial charge in [0.1, 0.15) is 0 Å². The molecule has 0 heterocycles. The van der Waals surface area contributed by atoms with Crippen molar-refractivity contribution in [2.45, 2.75) is 148 Å². The molecule has 0 aliphatic heterocycles. The molecular formula is C27H62. The summed E-state index contributed by atoms with van der Waals surface area (Å²) in [6.45, 7) is 29.2. The molecule has 0 amide bonds. The van der Waals surface area contributed by atoms with Crippen molar-refractivity contribution >= 4 is 0 Å². The Kier molecular flexibility index (Phi) is 30.7. The fourth-order valence-electron chi connectivity index (χ4n) is 5.47. The summed E-state index contributed by atoms with van der Waals surface area (Å²) in [5, 5.41) is 0. The van der Waals surface area contributed by atoms with Crippen LogP contribution < -0.4 is 0 Å². The molecule has 0 aromatic carbocycles. The van der Waals surface area contributed by atoms with Crippen LogP contribution in [0.2, 0.25) is 0 Å². The highest BCUT2D eigenvalue weighted by molar-refractivity contribution is 5.03. The van der Waals surface area contributed by atoms with Gasteiger partial charge in [0.25, 0.3) is 0 Å². The molecule has 0 N–H and O–H groups in total. The van der Waals surface area contributed by atoms with E-state index in [-0.39, 0.29) is 0 Å². The van der Waals surface area contributed by atoms with Gasteiger partial charge in [0.2, 0.25) is 0 Å². The third-order valence-corrected chi connectivity index (χ3v) is 6.10. The van der Waals surface area contributed by atoms with Crippen molar-refractivity contribution in [3.8, 4) is 0 Å². The number of rotatable bonds is 0. The molecular weight excluding hydrogens is 324 g/mol. The molecule has 0 nitrogen and oxygen atoms in total. The lowest BCUT2D eigenvalue weighted by atomic mass is 9.68. The Morgan fingerprint density at radius 3 is 0.889 bits per heavy atom. The molecule has 4 atom stereocenters. The molecule has 3 fully saturated rings. The van der Waals surface area contributed by atoms with Crippen LogP contribution in [0.15, 0.2) is 0 Å². The van der Waals surface area contributed by atoms with Gasteiger partial charge in [0.05, 0.1) is 0 Å². The predicted octanol–water partition coefficient (Wildman–Crippen LogP) is 10.8. The summed E-state index contributed by atoms with van der Waals surface area (Å²) in [5.74, 6) is 4.41. The minimum atomic E-state index is 0.677. The zero-order chi connectivity index (χ0) is 22.5. The predicted molar refractivity (Wildman–Crippen MR) is 133 cm³/mol. The molecule has 0 bridgehead atoms. The third kappa shape index (κ3) is 10.4. The Labute approximate surface area is 177 Å². The largest absolute Gasteiger partial charge is 0.0683 e. The second-order valence-electron chi connectivity index (χ2n) is 6.93. The van der Waals surface area contributed by atoms with E-state index in [0.717, 1.165) is 23.7 Å². The molecule has 4 unspecified atom stereocenters. The maximum Gasteiger partial charge on any atom is -0.0292 e. The van der Waals surface area contributed by atoms with Crippen LogP contribution in [0.4, 0.5) is 0 Å². The topological polar surface area (TPSA) is 0 Å². The molecule has 0 heteroatoms. The van der Waals surface area contributed by atoms with Gasteiger partial charge >= 0.3 is 0 Å². The highest BCUT2D eigenvalue weighted by atomic mass is 14.6. The fraction of sp³-hybridized carbons (Fsp3) is 1.00. The van der Waals surface area contributed by atoms with Crippen molar-refractivity contribution in [3.05, 3.63) is 0 Å². The molecule has 170 valence electrons. The van der Waals surface area contributed by atoms with Crippen molar-refractivity contribution in [1.82, 2.24) is 0 Å². The highest BCUT2D eigenvalue weighted by Crippen LogP contribution is 2.62. The van der Waals surface area contributed by atoms with Gasteiger partial charge in [-0.05, 0) is 54.8 Å². The van der Waals surface area contributed by atoms with E-state index in [9.17, 15) is 0 Å². The Balaban J connectivity index is -0.000000191. The Morgan fingerprint density at radius 1 is 0.407 bits per heavy atom. The number of fused-ring (bicyclic) bond motifs is 3. The minimum Gasteiger partial charge on any atom is -0.0683 e. The molecule has 0 spiro atoms. The van der Waals surface area contributed by atoms with Crippen LogP contribution in [0.5, 0.6) is 0 Å². The quantitative estimate of drug-likeness (QED) is 0.388. The van der Waals surface area contributed by atoms with Gasteiger partial charge in [-0.1, -0.05) is 123 Å². The van der Waals surface area contributed by atoms with Gasteiger partial charge in [0.15, 0.2) is 0 Å². The van der Waals surface area contributed by atoms with Gasteiger partial charge in [-0.2, -0.15) is 0 Å². The van der Waals surface area contributed by atoms with E-state index in [1.807, 2.05) is 83.1 Å². The summed E-state index contributed by atoms with van der Waals surface area (Å²) in [7, 11) is 0. The van der Waals surface area contributed by atoms with Crippen LogP contribution in [0, 0.1) is 29.1 Å². The average molecular weight is 387 g/mol. The molecule has 27 heavy (non-hydrogen) atoms. The van der Waals surface area contributed by atoms with Crippen molar-refractivity contribution in [2.75, 3.05) is 0 Å². The first kappa shape index (κ1) is 34.5. The molecule has 3 aliphatic rings. The summed E-state index contributed by atoms with van der Waals surface area (Å²) >= 11 is 0. The van der Waals surface area contributed by atoms with Crippen LogP contribution in [-0.2, 0) is 0 Å². The molecule has 0 radical (unpaired) electrons. The lowest BCUT2D eigenvalue weighted by molar-refractivity contribution is 0.124. The number of hydrogen-bond donors (Lipinski definition) is 0. The van der Waals surface area contributed by atoms with Gasteiger partial charge in [-0.25, -0.2) is 0 Å². The molecule has 3 aliphatic carbocycles. The fourth-order valence-corrected chi connectivity index (χ4v) is 5.47. The average Bonchev–Trinajstić information content (AvgIpc) is 3.04. The van der Waals surface area contributed by atoms with Crippen molar-refractivity contribution in [1.29, 1.82) is 0 Å². The van der Waals surface area contributed by atoms with Gasteiger partial charge in [-0.15, -0.1) is 0 Å². The van der Waals surface area contributed by atoms with Crippen LogP contribution in [0.1, 0.15) is 148 Å². The van der Waals surface area contributed by atoms with Gasteiger partial charge in [0, 0.05) is 0 Å². The Hall–Kier alpha value is 0. The standard InChI is InChI=1S/C15H26.6C2H6/c1-15(2)13-9-5-3-7-11(13)12-8-4-6-10-14(12)15;6*1-2/h11-14H,3-10H2,1-2H3;6*1-2H3. The first-order valence-corrected chi connectivity index (χ1v) is 13.2. The second-order valence-corrected chi connectivity index (χ2v) is 6.93. The lowest BCUT2D eigenvalue weighted by Crippen LogP contribution is -2.29. The van der Waals surface area contributed by atoms with E-state index in [2.05, 4.69) is 13.8 Å². The third-order valence-electron chi connectivity index (χ3n) is 6.10. The maximum absolute atomic E-state index is 2.59. The first-order valence-electron chi connectivity index (χ1n) is 13.2. The van der Waals surface area contributed by atoms with Crippen molar-refractivity contribution in [2.24, 2.45) is 29.1 Å². The van der Waals surface area contributed by atoms with Gasteiger partial charge in [-0.3, -0.25) is 0 Å². The monoisotopic (exact) mass is 386 g/mol. The van der Waals surface area contributed by atoms with E-state index in [1.54, 1.807) is 25.7 Å². The maximum atomic E-state index is 2.59. The van der Waals surface area contributed by atoms with Crippen LogP contribution >= 0.6 is 0 Å². The number of hydrogen-bond acceptors (Lipinski definition) is 0. The van der Waals surface area contributed by atoms with E-state index in [1.165, 1.54) is 25.7 Å². The highest BCUT2D eigenvalue weighted by Gasteiger charge is 2.54. The lowest BCUT2D eigenvalue weighted by Gasteiger charge is -2.37. The zero-order valence-electron chi connectivity index (χ0n) is 22.5. The smallest absolute Gasteiger partial charge is 0.0292 e. The summed E-state index contributed by atoms with van der Waals surface area (Å²) in [5.41, 5.74) is 0.677. The Morgan fingerprint density at radius 2 is 0.630 bits per heavy atom. The molecule has 0 aromatic heterocycles. The van der Waals surface area contributed by atoms with E-state index in [4.69, 9.17) is 0 Å². The molecule has 3 rings (SSSR count). The normalized spacial score (nSPS) is 28.2. The Bertz CT molecular complexity index is 216. The zero-order valence-corrected chi connectivity index (χ0v) is 22.5. The second kappa shape index (κ2) is 24.0.